The summed E-state index contributed by atoms with van der Waals surface area (Å²) < 4.78 is 15.7. The van der Waals surface area contributed by atoms with Crippen molar-refractivity contribution in [2.45, 2.75) is 13.5 Å². The molecule has 0 fully saturated rings. The molecule has 1 aromatic heterocycles. The monoisotopic (exact) mass is 408 g/mol. The lowest BCUT2D eigenvalue weighted by Gasteiger charge is -2.20. The molecule has 1 N–H and O–H groups in total. The van der Waals surface area contributed by atoms with Gasteiger partial charge in [0, 0.05) is 24.8 Å². The molecule has 0 spiro atoms. The molecule has 3 rings (SSSR count). The van der Waals surface area contributed by atoms with Crippen LogP contribution in [0, 0.1) is 6.92 Å². The fraction of sp³-hybridized carbons (Fsp3) is 0.217. The van der Waals surface area contributed by atoms with E-state index in [1.165, 1.54) is 6.26 Å². The van der Waals surface area contributed by atoms with Gasteiger partial charge in [-0.25, -0.2) is 0 Å². The van der Waals surface area contributed by atoms with Gasteiger partial charge in [-0.05, 0) is 66.6 Å². The Kier molecular flexibility index (Phi) is 6.41. The highest BCUT2D eigenvalue weighted by Crippen LogP contribution is 2.30. The number of methoxy groups -OCH3 is 2. The topological polar surface area (TPSA) is 81.0 Å². The average Bonchev–Trinajstić information content (AvgIpc) is 3.30. The van der Waals surface area contributed by atoms with Gasteiger partial charge in [0.05, 0.1) is 20.5 Å². The maximum absolute atomic E-state index is 12.8. The van der Waals surface area contributed by atoms with Gasteiger partial charge in [-0.2, -0.15) is 0 Å². The van der Waals surface area contributed by atoms with E-state index in [9.17, 15) is 9.59 Å². The van der Waals surface area contributed by atoms with Crippen LogP contribution in [0.3, 0.4) is 0 Å². The highest BCUT2D eigenvalue weighted by Gasteiger charge is 2.16. The molecule has 1 heterocycles. The number of nitrogens with zero attached hydrogens (tertiary/aromatic N) is 1. The predicted molar refractivity (Wildman–Crippen MR) is 113 cm³/mol. The third-order valence-electron chi connectivity index (χ3n) is 4.73. The summed E-state index contributed by atoms with van der Waals surface area (Å²) >= 11 is 0. The molecule has 0 saturated heterocycles. The van der Waals surface area contributed by atoms with E-state index in [0.29, 0.717) is 29.3 Å². The number of carbonyl (C=O) groups excluding carboxylic acids is 2. The largest absolute Gasteiger partial charge is 0.493 e. The van der Waals surface area contributed by atoms with Gasteiger partial charge in [-0.1, -0.05) is 0 Å². The smallest absolute Gasteiger partial charge is 0.291 e. The van der Waals surface area contributed by atoms with Gasteiger partial charge in [0.15, 0.2) is 17.3 Å². The first-order valence-electron chi connectivity index (χ1n) is 9.34. The van der Waals surface area contributed by atoms with Crippen molar-refractivity contribution in [2.24, 2.45) is 0 Å². The van der Waals surface area contributed by atoms with Crippen LogP contribution in [0.2, 0.25) is 0 Å². The van der Waals surface area contributed by atoms with Crippen LogP contribution in [0.15, 0.2) is 59.2 Å². The number of aryl methyl sites for hydroxylation is 1. The van der Waals surface area contributed by atoms with Gasteiger partial charge >= 0.3 is 0 Å². The normalized spacial score (nSPS) is 10.4. The summed E-state index contributed by atoms with van der Waals surface area (Å²) in [5, 5.41) is 2.73. The zero-order valence-corrected chi connectivity index (χ0v) is 17.4. The molecule has 0 saturated carbocycles. The molecule has 0 aliphatic heterocycles. The van der Waals surface area contributed by atoms with Crippen LogP contribution in [0.5, 0.6) is 11.5 Å². The zero-order valence-electron chi connectivity index (χ0n) is 17.4. The van der Waals surface area contributed by atoms with E-state index < -0.39 is 0 Å². The lowest BCUT2D eigenvalue weighted by molar-refractivity contribution is 0.0784. The number of furan rings is 1. The van der Waals surface area contributed by atoms with E-state index in [0.717, 1.165) is 11.1 Å². The molecule has 0 aliphatic carbocycles. The Bertz CT molecular complexity index is 1030. The second-order valence-corrected chi connectivity index (χ2v) is 6.80. The Morgan fingerprint density at radius 2 is 1.70 bits per heavy atom. The van der Waals surface area contributed by atoms with Crippen molar-refractivity contribution in [2.75, 3.05) is 26.6 Å². The van der Waals surface area contributed by atoms with E-state index in [4.69, 9.17) is 13.9 Å². The molecular formula is C23H24N2O5. The van der Waals surface area contributed by atoms with Gasteiger partial charge in [0.1, 0.15) is 0 Å². The van der Waals surface area contributed by atoms with Gasteiger partial charge in [-0.3, -0.25) is 9.59 Å². The molecule has 0 unspecified atom stereocenters. The Morgan fingerprint density at radius 1 is 1.03 bits per heavy atom. The van der Waals surface area contributed by atoms with Crippen molar-refractivity contribution in [3.63, 3.8) is 0 Å². The third-order valence-corrected chi connectivity index (χ3v) is 4.73. The SMILES string of the molecule is COc1cc(C)c(CN(C)C(=O)c2ccc(NC(=O)c3ccco3)cc2)cc1OC. The molecule has 3 aromatic rings. The van der Waals surface area contributed by atoms with Crippen molar-refractivity contribution < 1.29 is 23.5 Å². The lowest BCUT2D eigenvalue weighted by atomic mass is 10.1. The number of nitrogens with one attached hydrogen (secondary N) is 1. The number of ether oxygens (including phenoxy) is 2. The maximum atomic E-state index is 12.8. The number of amides is 2. The molecule has 30 heavy (non-hydrogen) atoms. The quantitative estimate of drug-likeness (QED) is 0.636. The first-order chi connectivity index (χ1) is 14.4. The van der Waals surface area contributed by atoms with Crippen molar-refractivity contribution in [3.8, 4) is 11.5 Å². The second-order valence-electron chi connectivity index (χ2n) is 6.80. The fourth-order valence-electron chi connectivity index (χ4n) is 3.04. The van der Waals surface area contributed by atoms with E-state index in [1.807, 2.05) is 19.1 Å². The van der Waals surface area contributed by atoms with Gasteiger partial charge in [0.2, 0.25) is 0 Å². The minimum atomic E-state index is -0.347. The highest BCUT2D eigenvalue weighted by atomic mass is 16.5. The summed E-state index contributed by atoms with van der Waals surface area (Å²) in [4.78, 5) is 26.5. The average molecular weight is 408 g/mol. The van der Waals surface area contributed by atoms with Gasteiger partial charge < -0.3 is 24.1 Å². The summed E-state index contributed by atoms with van der Waals surface area (Å²) in [6.45, 7) is 2.38. The van der Waals surface area contributed by atoms with E-state index in [1.54, 1.807) is 62.6 Å². The van der Waals surface area contributed by atoms with Crippen LogP contribution in [0.1, 0.15) is 32.0 Å². The molecule has 7 nitrogen and oxygen atoms in total. The fourth-order valence-corrected chi connectivity index (χ4v) is 3.04. The minimum absolute atomic E-state index is 0.131. The standard InChI is InChI=1S/C23H24N2O5/c1-15-12-20(28-3)21(29-4)13-17(15)14-25(2)23(27)16-7-9-18(10-8-16)24-22(26)19-6-5-11-30-19/h5-13H,14H2,1-4H3,(H,24,26). The molecule has 0 atom stereocenters. The van der Waals surface area contributed by atoms with Crippen molar-refractivity contribution >= 4 is 17.5 Å². The molecule has 156 valence electrons. The first-order valence-corrected chi connectivity index (χ1v) is 9.34. The van der Waals surface area contributed by atoms with Crippen LogP contribution in [-0.2, 0) is 6.54 Å². The number of benzene rings is 2. The van der Waals surface area contributed by atoms with E-state index >= 15 is 0 Å². The molecule has 2 aromatic carbocycles. The Morgan fingerprint density at radius 3 is 2.30 bits per heavy atom. The summed E-state index contributed by atoms with van der Waals surface area (Å²) in [6.07, 6.45) is 1.44. The van der Waals surface area contributed by atoms with Crippen molar-refractivity contribution in [1.29, 1.82) is 0 Å². The summed E-state index contributed by atoms with van der Waals surface area (Å²) in [5.74, 6) is 1.02. The summed E-state index contributed by atoms with van der Waals surface area (Å²) in [7, 11) is 4.91. The zero-order chi connectivity index (χ0) is 21.7. The van der Waals surface area contributed by atoms with Crippen LogP contribution in [0.25, 0.3) is 0 Å². The number of rotatable bonds is 7. The van der Waals surface area contributed by atoms with Crippen molar-refractivity contribution in [1.82, 2.24) is 4.90 Å². The van der Waals surface area contributed by atoms with E-state index in [2.05, 4.69) is 5.32 Å². The van der Waals surface area contributed by atoms with Crippen LogP contribution in [0.4, 0.5) is 5.69 Å². The molecule has 0 aliphatic rings. The molecule has 2 amide bonds. The Labute approximate surface area is 175 Å². The number of carbonyl (C=O) groups is 2. The summed E-state index contributed by atoms with van der Waals surface area (Å²) in [6, 6.07) is 13.7. The van der Waals surface area contributed by atoms with Crippen LogP contribution < -0.4 is 14.8 Å². The highest BCUT2D eigenvalue weighted by molar-refractivity contribution is 6.02. The Balaban J connectivity index is 1.68. The van der Waals surface area contributed by atoms with Crippen LogP contribution >= 0.6 is 0 Å². The lowest BCUT2D eigenvalue weighted by Crippen LogP contribution is -2.26. The second kappa shape index (κ2) is 9.17. The number of hydrogen-bond donors (Lipinski definition) is 1. The third kappa shape index (κ3) is 4.63. The summed E-state index contributed by atoms with van der Waals surface area (Å²) in [5.41, 5.74) is 3.06. The van der Waals surface area contributed by atoms with E-state index in [-0.39, 0.29) is 17.6 Å². The number of hydrogen-bond acceptors (Lipinski definition) is 5. The molecule has 0 bridgehead atoms. The van der Waals surface area contributed by atoms with Gasteiger partial charge in [-0.15, -0.1) is 0 Å². The predicted octanol–water partition coefficient (Wildman–Crippen LogP) is 4.13. The number of anilines is 1. The minimum Gasteiger partial charge on any atom is -0.493 e. The van der Waals surface area contributed by atoms with Gasteiger partial charge in [0.25, 0.3) is 11.8 Å². The first kappa shape index (κ1) is 21.0. The molecule has 0 radical (unpaired) electrons. The maximum Gasteiger partial charge on any atom is 0.291 e. The molecular weight excluding hydrogens is 384 g/mol. The Hall–Kier alpha value is -3.74. The van der Waals surface area contributed by atoms with Crippen LogP contribution in [-0.4, -0.2) is 38.0 Å². The molecule has 7 heteroatoms. The van der Waals surface area contributed by atoms with Crippen molar-refractivity contribution in [3.05, 3.63) is 77.2 Å².